The maximum Gasteiger partial charge on any atom is 0.391 e. The van der Waals surface area contributed by atoms with Gasteiger partial charge in [0.25, 0.3) is 5.91 Å². The minimum atomic E-state index is -4.17. The number of nitrogens with one attached hydrogen (secondary N) is 1. The number of rotatable bonds is 6. The van der Waals surface area contributed by atoms with Gasteiger partial charge in [0.1, 0.15) is 0 Å². The summed E-state index contributed by atoms with van der Waals surface area (Å²) in [6.45, 7) is 8.15. The van der Waals surface area contributed by atoms with E-state index in [0.29, 0.717) is 24.4 Å². The number of alkyl halides is 3. The molecule has 1 fully saturated rings. The zero-order valence-corrected chi connectivity index (χ0v) is 15.8. The van der Waals surface area contributed by atoms with E-state index >= 15 is 0 Å². The fraction of sp³-hybridized carbons (Fsp3) is 0.650. The van der Waals surface area contributed by atoms with Crippen molar-refractivity contribution in [1.82, 2.24) is 10.2 Å². The first-order chi connectivity index (χ1) is 12.2. The SMILES string of the molecule is CCN(Cc1ccc(C(=O)NC2CCCC(C(F)(F)F)C2)cc1)C(C)C. The summed E-state index contributed by atoms with van der Waals surface area (Å²) >= 11 is 0. The molecule has 2 atom stereocenters. The van der Waals surface area contributed by atoms with Crippen molar-refractivity contribution in [3.8, 4) is 0 Å². The number of hydrogen-bond acceptors (Lipinski definition) is 2. The van der Waals surface area contributed by atoms with Crippen LogP contribution in [0.5, 0.6) is 0 Å². The summed E-state index contributed by atoms with van der Waals surface area (Å²) in [7, 11) is 0. The van der Waals surface area contributed by atoms with Crippen molar-refractivity contribution in [3.05, 3.63) is 35.4 Å². The summed E-state index contributed by atoms with van der Waals surface area (Å²) in [5, 5.41) is 2.78. The van der Waals surface area contributed by atoms with E-state index in [1.54, 1.807) is 12.1 Å². The van der Waals surface area contributed by atoms with E-state index in [-0.39, 0.29) is 18.7 Å². The second-order valence-corrected chi connectivity index (χ2v) is 7.43. The molecule has 1 aromatic rings. The number of hydrogen-bond donors (Lipinski definition) is 1. The Morgan fingerprint density at radius 1 is 1.23 bits per heavy atom. The molecule has 26 heavy (non-hydrogen) atoms. The van der Waals surface area contributed by atoms with Crippen LogP contribution in [0.4, 0.5) is 13.2 Å². The minimum Gasteiger partial charge on any atom is -0.349 e. The second-order valence-electron chi connectivity index (χ2n) is 7.43. The first kappa shape index (κ1) is 20.7. The van der Waals surface area contributed by atoms with Gasteiger partial charge >= 0.3 is 6.18 Å². The molecule has 0 bridgehead atoms. The van der Waals surface area contributed by atoms with Gasteiger partial charge in [-0.3, -0.25) is 9.69 Å². The molecule has 1 saturated carbocycles. The first-order valence-corrected chi connectivity index (χ1v) is 9.41. The molecule has 1 N–H and O–H groups in total. The molecule has 0 spiro atoms. The molecular weight excluding hydrogens is 341 g/mol. The molecular formula is C20H29F3N2O. The minimum absolute atomic E-state index is 0.0207. The smallest absolute Gasteiger partial charge is 0.349 e. The lowest BCUT2D eigenvalue weighted by Gasteiger charge is -2.31. The van der Waals surface area contributed by atoms with Gasteiger partial charge in [0.05, 0.1) is 5.92 Å². The van der Waals surface area contributed by atoms with Crippen molar-refractivity contribution in [2.45, 2.75) is 71.3 Å². The first-order valence-electron chi connectivity index (χ1n) is 9.41. The van der Waals surface area contributed by atoms with E-state index in [0.717, 1.165) is 18.7 Å². The second kappa shape index (κ2) is 8.89. The summed E-state index contributed by atoms with van der Waals surface area (Å²) in [4.78, 5) is 14.7. The van der Waals surface area contributed by atoms with E-state index in [1.165, 1.54) is 0 Å². The van der Waals surface area contributed by atoms with Crippen LogP contribution in [0.15, 0.2) is 24.3 Å². The predicted octanol–water partition coefficient (Wildman–Crippen LogP) is 4.77. The maximum absolute atomic E-state index is 12.9. The van der Waals surface area contributed by atoms with E-state index in [9.17, 15) is 18.0 Å². The van der Waals surface area contributed by atoms with Crippen LogP contribution >= 0.6 is 0 Å². The third-order valence-electron chi connectivity index (χ3n) is 5.21. The highest BCUT2D eigenvalue weighted by Crippen LogP contribution is 2.37. The van der Waals surface area contributed by atoms with Crippen LogP contribution in [-0.4, -0.2) is 35.6 Å². The Hall–Kier alpha value is -1.56. The van der Waals surface area contributed by atoms with Gasteiger partial charge in [-0.15, -0.1) is 0 Å². The molecule has 0 heterocycles. The Bertz CT molecular complexity index is 584. The van der Waals surface area contributed by atoms with Crippen molar-refractivity contribution in [2.75, 3.05) is 6.54 Å². The molecule has 1 amide bonds. The van der Waals surface area contributed by atoms with Crippen LogP contribution in [0.25, 0.3) is 0 Å². The van der Waals surface area contributed by atoms with Gasteiger partial charge < -0.3 is 5.32 Å². The van der Waals surface area contributed by atoms with Crippen LogP contribution < -0.4 is 5.32 Å². The van der Waals surface area contributed by atoms with E-state index in [1.807, 2.05) is 12.1 Å². The number of carbonyl (C=O) groups is 1. The van der Waals surface area contributed by atoms with Gasteiger partial charge in [-0.25, -0.2) is 0 Å². The molecule has 0 radical (unpaired) electrons. The fourth-order valence-electron chi connectivity index (χ4n) is 3.54. The Morgan fingerprint density at radius 3 is 2.42 bits per heavy atom. The van der Waals surface area contributed by atoms with E-state index < -0.39 is 18.1 Å². The van der Waals surface area contributed by atoms with Crippen molar-refractivity contribution in [1.29, 1.82) is 0 Å². The zero-order chi connectivity index (χ0) is 19.3. The van der Waals surface area contributed by atoms with Gasteiger partial charge in [-0.1, -0.05) is 25.5 Å². The molecule has 3 nitrogen and oxygen atoms in total. The Morgan fingerprint density at radius 2 is 1.88 bits per heavy atom. The van der Waals surface area contributed by atoms with E-state index in [4.69, 9.17) is 0 Å². The molecule has 1 aromatic carbocycles. The normalized spacial score (nSPS) is 21.2. The fourth-order valence-corrected chi connectivity index (χ4v) is 3.54. The van der Waals surface area contributed by atoms with Crippen LogP contribution in [-0.2, 0) is 6.54 Å². The van der Waals surface area contributed by atoms with Crippen LogP contribution in [0, 0.1) is 5.92 Å². The van der Waals surface area contributed by atoms with Crippen LogP contribution in [0.1, 0.15) is 62.4 Å². The van der Waals surface area contributed by atoms with Gasteiger partial charge in [0, 0.05) is 24.2 Å². The van der Waals surface area contributed by atoms with Crippen molar-refractivity contribution in [3.63, 3.8) is 0 Å². The van der Waals surface area contributed by atoms with Crippen molar-refractivity contribution in [2.24, 2.45) is 5.92 Å². The lowest BCUT2D eigenvalue weighted by Crippen LogP contribution is -2.41. The molecule has 0 aromatic heterocycles. The quantitative estimate of drug-likeness (QED) is 0.782. The molecule has 1 aliphatic carbocycles. The van der Waals surface area contributed by atoms with Gasteiger partial charge in [0.2, 0.25) is 0 Å². The molecule has 6 heteroatoms. The highest BCUT2D eigenvalue weighted by atomic mass is 19.4. The molecule has 0 aliphatic heterocycles. The summed E-state index contributed by atoms with van der Waals surface area (Å²) in [5.74, 6) is -1.60. The molecule has 0 saturated heterocycles. The van der Waals surface area contributed by atoms with Crippen LogP contribution in [0.2, 0.25) is 0 Å². The van der Waals surface area contributed by atoms with Crippen molar-refractivity contribution < 1.29 is 18.0 Å². The summed E-state index contributed by atoms with van der Waals surface area (Å²) in [5.41, 5.74) is 1.61. The summed E-state index contributed by atoms with van der Waals surface area (Å²) < 4.78 is 38.7. The summed E-state index contributed by atoms with van der Waals surface area (Å²) in [6, 6.07) is 7.37. The lowest BCUT2D eigenvalue weighted by atomic mass is 9.85. The number of carbonyl (C=O) groups excluding carboxylic acids is 1. The highest BCUT2D eigenvalue weighted by Gasteiger charge is 2.42. The number of halogens is 3. The zero-order valence-electron chi connectivity index (χ0n) is 15.8. The average Bonchev–Trinajstić information content (AvgIpc) is 2.59. The number of benzene rings is 1. The standard InChI is InChI=1S/C20H29F3N2O/c1-4-25(14(2)3)13-15-8-10-16(11-9-15)19(26)24-18-7-5-6-17(12-18)20(21,22)23/h8-11,14,17-18H,4-7,12-13H2,1-3H3,(H,24,26). The molecule has 1 aliphatic rings. The number of nitrogens with zero attached hydrogens (tertiary/aromatic N) is 1. The van der Waals surface area contributed by atoms with E-state index in [2.05, 4.69) is 31.0 Å². The molecule has 2 rings (SSSR count). The molecule has 146 valence electrons. The van der Waals surface area contributed by atoms with Crippen molar-refractivity contribution >= 4 is 5.91 Å². The predicted molar refractivity (Wildman–Crippen MR) is 96.9 cm³/mol. The Kier molecular flexibility index (Phi) is 7.09. The number of amides is 1. The highest BCUT2D eigenvalue weighted by molar-refractivity contribution is 5.94. The van der Waals surface area contributed by atoms with Crippen LogP contribution in [0.3, 0.4) is 0 Å². The monoisotopic (exact) mass is 370 g/mol. The Labute approximate surface area is 154 Å². The third-order valence-corrected chi connectivity index (χ3v) is 5.21. The largest absolute Gasteiger partial charge is 0.391 e. The average molecular weight is 370 g/mol. The van der Waals surface area contributed by atoms with Gasteiger partial charge in [0.15, 0.2) is 0 Å². The third kappa shape index (κ3) is 5.73. The topological polar surface area (TPSA) is 32.3 Å². The maximum atomic E-state index is 12.9. The molecule has 2 unspecified atom stereocenters. The van der Waals surface area contributed by atoms with Gasteiger partial charge in [-0.2, -0.15) is 13.2 Å². The summed E-state index contributed by atoms with van der Waals surface area (Å²) in [6.07, 6.45) is -2.93. The lowest BCUT2D eigenvalue weighted by molar-refractivity contribution is -0.183. The van der Waals surface area contributed by atoms with Gasteiger partial charge in [-0.05, 0) is 57.4 Å². The Balaban J connectivity index is 1.93.